The van der Waals surface area contributed by atoms with Crippen LogP contribution in [-0.2, 0) is 17.6 Å². The van der Waals surface area contributed by atoms with Gasteiger partial charge >= 0.3 is 5.97 Å². The summed E-state index contributed by atoms with van der Waals surface area (Å²) in [5.41, 5.74) is 7.74. The standard InChI is InChI=1S/C12H14FNO2/c13-12-8-3-1-2-7(8)4-5-9(12)10(14)6-11(15)16/h4-5,10H,1-3,6,14H2,(H,15,16). The Morgan fingerprint density at radius 3 is 2.94 bits per heavy atom. The normalized spacial score (nSPS) is 15.9. The van der Waals surface area contributed by atoms with Crippen LogP contribution in [0.2, 0.25) is 0 Å². The molecule has 3 nitrogen and oxygen atoms in total. The molecule has 2 rings (SSSR count). The van der Waals surface area contributed by atoms with Crippen LogP contribution in [0.15, 0.2) is 12.1 Å². The second-order valence-electron chi connectivity index (χ2n) is 4.16. The number of hydrogen-bond acceptors (Lipinski definition) is 2. The zero-order chi connectivity index (χ0) is 11.7. The smallest absolute Gasteiger partial charge is 0.305 e. The van der Waals surface area contributed by atoms with E-state index in [-0.39, 0.29) is 12.2 Å². The van der Waals surface area contributed by atoms with Gasteiger partial charge in [0.05, 0.1) is 6.42 Å². The fourth-order valence-corrected chi connectivity index (χ4v) is 2.22. The van der Waals surface area contributed by atoms with Crippen LogP contribution >= 0.6 is 0 Å². The Morgan fingerprint density at radius 2 is 2.25 bits per heavy atom. The van der Waals surface area contributed by atoms with Gasteiger partial charge in [0.1, 0.15) is 5.82 Å². The lowest BCUT2D eigenvalue weighted by molar-refractivity contribution is -0.137. The van der Waals surface area contributed by atoms with E-state index in [1.165, 1.54) is 0 Å². The average molecular weight is 223 g/mol. The summed E-state index contributed by atoms with van der Waals surface area (Å²) >= 11 is 0. The van der Waals surface area contributed by atoms with Gasteiger partial charge in [-0.05, 0) is 30.4 Å². The van der Waals surface area contributed by atoms with Gasteiger partial charge in [0.15, 0.2) is 0 Å². The summed E-state index contributed by atoms with van der Waals surface area (Å²) in [7, 11) is 0. The molecule has 86 valence electrons. The number of hydrogen-bond donors (Lipinski definition) is 2. The molecule has 1 aliphatic carbocycles. The Bertz CT molecular complexity index is 431. The van der Waals surface area contributed by atoms with E-state index in [1.54, 1.807) is 6.07 Å². The molecule has 3 N–H and O–H groups in total. The van der Waals surface area contributed by atoms with Crippen molar-refractivity contribution in [3.8, 4) is 0 Å². The molecule has 1 unspecified atom stereocenters. The zero-order valence-electron chi connectivity index (χ0n) is 8.87. The van der Waals surface area contributed by atoms with Gasteiger partial charge in [0.2, 0.25) is 0 Å². The van der Waals surface area contributed by atoms with Crippen molar-refractivity contribution in [1.29, 1.82) is 0 Å². The topological polar surface area (TPSA) is 63.3 Å². The highest BCUT2D eigenvalue weighted by Crippen LogP contribution is 2.29. The van der Waals surface area contributed by atoms with Crippen LogP contribution in [0.3, 0.4) is 0 Å². The SMILES string of the molecule is NC(CC(=O)O)c1ccc2c(c1F)CCC2. The first-order valence-electron chi connectivity index (χ1n) is 5.37. The van der Waals surface area contributed by atoms with Crippen molar-refractivity contribution in [2.45, 2.75) is 31.7 Å². The lowest BCUT2D eigenvalue weighted by Gasteiger charge is -2.13. The first-order chi connectivity index (χ1) is 7.59. The number of carbonyl (C=O) groups is 1. The van der Waals surface area contributed by atoms with E-state index in [9.17, 15) is 9.18 Å². The van der Waals surface area contributed by atoms with Gasteiger partial charge in [-0.1, -0.05) is 12.1 Å². The van der Waals surface area contributed by atoms with Gasteiger partial charge in [0.25, 0.3) is 0 Å². The van der Waals surface area contributed by atoms with E-state index in [1.807, 2.05) is 6.07 Å². The molecule has 0 radical (unpaired) electrons. The third kappa shape index (κ3) is 1.93. The van der Waals surface area contributed by atoms with Crippen LogP contribution in [0.25, 0.3) is 0 Å². The van der Waals surface area contributed by atoms with Crippen molar-refractivity contribution in [3.05, 3.63) is 34.6 Å². The average Bonchev–Trinajstić information content (AvgIpc) is 2.65. The molecule has 1 aliphatic rings. The number of nitrogens with two attached hydrogens (primary N) is 1. The van der Waals surface area contributed by atoms with Gasteiger partial charge in [-0.2, -0.15) is 0 Å². The van der Waals surface area contributed by atoms with E-state index in [2.05, 4.69) is 0 Å². The quantitative estimate of drug-likeness (QED) is 0.821. The molecule has 1 atom stereocenters. The first kappa shape index (κ1) is 11.1. The van der Waals surface area contributed by atoms with Crippen LogP contribution in [0.1, 0.15) is 35.6 Å². The molecule has 0 spiro atoms. The van der Waals surface area contributed by atoms with E-state index < -0.39 is 12.0 Å². The van der Waals surface area contributed by atoms with Crippen molar-refractivity contribution >= 4 is 5.97 Å². The molecule has 1 aromatic rings. The molecule has 16 heavy (non-hydrogen) atoms. The number of aliphatic carboxylic acids is 1. The summed E-state index contributed by atoms with van der Waals surface area (Å²) in [6.45, 7) is 0. The minimum Gasteiger partial charge on any atom is -0.481 e. The van der Waals surface area contributed by atoms with Crippen LogP contribution in [0.4, 0.5) is 4.39 Å². The largest absolute Gasteiger partial charge is 0.481 e. The molecule has 1 aromatic carbocycles. The minimum atomic E-state index is -1.01. The predicted molar refractivity (Wildman–Crippen MR) is 57.6 cm³/mol. The van der Waals surface area contributed by atoms with Crippen LogP contribution in [0, 0.1) is 5.82 Å². The zero-order valence-corrected chi connectivity index (χ0v) is 8.87. The number of halogens is 1. The maximum absolute atomic E-state index is 14.0. The summed E-state index contributed by atoms with van der Waals surface area (Å²) < 4.78 is 14.0. The molecule has 0 aliphatic heterocycles. The number of benzene rings is 1. The molecule has 0 amide bonds. The van der Waals surface area contributed by atoms with E-state index in [4.69, 9.17) is 10.8 Å². The van der Waals surface area contributed by atoms with Crippen molar-refractivity contribution in [3.63, 3.8) is 0 Å². The summed E-state index contributed by atoms with van der Waals surface area (Å²) in [6, 6.07) is 2.72. The Hall–Kier alpha value is -1.42. The fraction of sp³-hybridized carbons (Fsp3) is 0.417. The second kappa shape index (κ2) is 4.22. The lowest BCUT2D eigenvalue weighted by Crippen LogP contribution is -2.17. The van der Waals surface area contributed by atoms with Crippen LogP contribution in [-0.4, -0.2) is 11.1 Å². The van der Waals surface area contributed by atoms with Crippen molar-refractivity contribution in [2.24, 2.45) is 5.73 Å². The summed E-state index contributed by atoms with van der Waals surface area (Å²) in [5, 5.41) is 8.63. The predicted octanol–water partition coefficient (Wildman–Crippen LogP) is 1.79. The Balaban J connectivity index is 2.32. The number of aryl methyl sites for hydroxylation is 1. The Labute approximate surface area is 93.1 Å². The maximum Gasteiger partial charge on any atom is 0.305 e. The highest BCUT2D eigenvalue weighted by molar-refractivity contribution is 5.68. The van der Waals surface area contributed by atoms with Gasteiger partial charge in [-0.3, -0.25) is 4.79 Å². The van der Waals surface area contributed by atoms with Crippen LogP contribution < -0.4 is 5.73 Å². The van der Waals surface area contributed by atoms with Gasteiger partial charge in [-0.15, -0.1) is 0 Å². The molecular formula is C12H14FNO2. The van der Waals surface area contributed by atoms with E-state index in [0.29, 0.717) is 5.56 Å². The monoisotopic (exact) mass is 223 g/mol. The van der Waals surface area contributed by atoms with Gasteiger partial charge in [-0.25, -0.2) is 4.39 Å². The minimum absolute atomic E-state index is 0.240. The van der Waals surface area contributed by atoms with Gasteiger partial charge in [0, 0.05) is 11.6 Å². The summed E-state index contributed by atoms with van der Waals surface area (Å²) in [6.07, 6.45) is 2.36. The highest BCUT2D eigenvalue weighted by Gasteiger charge is 2.21. The second-order valence-corrected chi connectivity index (χ2v) is 4.16. The molecule has 4 heteroatoms. The molecule has 0 aromatic heterocycles. The Kier molecular flexibility index (Phi) is 2.92. The number of rotatable bonds is 3. The summed E-state index contributed by atoms with van der Waals surface area (Å²) in [5.74, 6) is -1.31. The summed E-state index contributed by atoms with van der Waals surface area (Å²) in [4.78, 5) is 10.5. The molecule has 0 fully saturated rings. The van der Waals surface area contributed by atoms with Crippen molar-refractivity contribution < 1.29 is 14.3 Å². The highest BCUT2D eigenvalue weighted by atomic mass is 19.1. The maximum atomic E-state index is 14.0. The third-order valence-corrected chi connectivity index (χ3v) is 3.04. The number of fused-ring (bicyclic) bond motifs is 1. The molecule has 0 saturated carbocycles. The number of carboxylic acid groups (broad SMARTS) is 1. The number of carboxylic acids is 1. The molecule has 0 bridgehead atoms. The fourth-order valence-electron chi connectivity index (χ4n) is 2.22. The molecule has 0 heterocycles. The van der Waals surface area contributed by atoms with E-state index >= 15 is 0 Å². The van der Waals surface area contributed by atoms with Crippen LogP contribution in [0.5, 0.6) is 0 Å². The lowest BCUT2D eigenvalue weighted by atomic mass is 9.98. The molecule has 0 saturated heterocycles. The van der Waals surface area contributed by atoms with Crippen molar-refractivity contribution in [1.82, 2.24) is 0 Å². The van der Waals surface area contributed by atoms with Gasteiger partial charge < -0.3 is 10.8 Å². The third-order valence-electron chi connectivity index (χ3n) is 3.04. The van der Waals surface area contributed by atoms with E-state index in [0.717, 1.165) is 30.4 Å². The molecular weight excluding hydrogens is 209 g/mol. The Morgan fingerprint density at radius 1 is 1.50 bits per heavy atom. The first-order valence-corrected chi connectivity index (χ1v) is 5.37. The van der Waals surface area contributed by atoms with Crippen molar-refractivity contribution in [2.75, 3.05) is 0 Å².